The molecule has 7 nitrogen and oxygen atoms in total. The first-order valence-electron chi connectivity index (χ1n) is 9.18. The predicted molar refractivity (Wildman–Crippen MR) is 125 cm³/mol. The quantitative estimate of drug-likeness (QED) is 0.185. The second-order valence-corrected chi connectivity index (χ2v) is 7.12. The van der Waals surface area contributed by atoms with Crippen molar-refractivity contribution in [1.82, 2.24) is 10.6 Å². The number of benzene rings is 2. The van der Waals surface area contributed by atoms with Crippen LogP contribution in [0.4, 0.5) is 5.69 Å². The van der Waals surface area contributed by atoms with Gasteiger partial charge in [-0.15, -0.1) is 24.0 Å². The van der Waals surface area contributed by atoms with Crippen molar-refractivity contribution in [3.05, 3.63) is 74.8 Å². The zero-order chi connectivity index (χ0) is 19.8. The van der Waals surface area contributed by atoms with Crippen molar-refractivity contribution in [3.63, 3.8) is 0 Å². The Morgan fingerprint density at radius 3 is 2.66 bits per heavy atom. The van der Waals surface area contributed by atoms with Crippen LogP contribution in [-0.4, -0.2) is 30.6 Å². The maximum absolute atomic E-state index is 10.8. The number of nitro benzene ring substituents is 1. The fourth-order valence-corrected chi connectivity index (χ4v) is 3.10. The average molecular weight is 531 g/mol. The van der Waals surface area contributed by atoms with Crippen LogP contribution >= 0.6 is 35.6 Å². The molecule has 2 aromatic carbocycles. The van der Waals surface area contributed by atoms with Crippen molar-refractivity contribution >= 4 is 47.2 Å². The molecule has 0 aliphatic carbocycles. The van der Waals surface area contributed by atoms with Crippen molar-refractivity contribution in [2.75, 3.05) is 19.8 Å². The summed E-state index contributed by atoms with van der Waals surface area (Å²) < 4.78 is 5.42. The van der Waals surface area contributed by atoms with E-state index < -0.39 is 4.92 Å². The third kappa shape index (κ3) is 7.79. The van der Waals surface area contributed by atoms with Gasteiger partial charge in [0.25, 0.3) is 5.69 Å². The highest BCUT2D eigenvalue weighted by Gasteiger charge is 2.15. The summed E-state index contributed by atoms with van der Waals surface area (Å²) in [5, 5.41) is 18.1. The molecule has 1 saturated heterocycles. The van der Waals surface area contributed by atoms with E-state index in [1.165, 1.54) is 12.1 Å². The number of nitrogens with one attached hydrogen (secondary N) is 2. The Hall–Kier alpha value is -1.91. The van der Waals surface area contributed by atoms with Crippen LogP contribution in [0.3, 0.4) is 0 Å². The summed E-state index contributed by atoms with van der Waals surface area (Å²) in [5.41, 5.74) is 2.04. The van der Waals surface area contributed by atoms with E-state index in [1.807, 2.05) is 24.3 Å². The maximum atomic E-state index is 10.8. The van der Waals surface area contributed by atoms with Gasteiger partial charge in [-0.25, -0.2) is 4.99 Å². The standard InChI is InChI=1S/C20H23ClN4O3.HI/c21-18-3-1-2-16(10-18)12-23-20(24-13-17-8-9-28-14-17)22-11-15-4-6-19(7-5-15)25(26)27;/h1-7,10,17H,8-9,11-14H2,(H2,22,23,24);1H. The normalized spacial score (nSPS) is 16.2. The second kappa shape index (κ2) is 11.9. The monoisotopic (exact) mass is 530 g/mol. The van der Waals surface area contributed by atoms with Gasteiger partial charge in [-0.2, -0.15) is 0 Å². The number of guanidine groups is 1. The van der Waals surface area contributed by atoms with Crippen LogP contribution in [0.25, 0.3) is 0 Å². The molecule has 0 amide bonds. The Kier molecular flexibility index (Phi) is 9.62. The number of nitrogens with zero attached hydrogens (tertiary/aromatic N) is 2. The van der Waals surface area contributed by atoms with Gasteiger partial charge >= 0.3 is 0 Å². The number of aliphatic imine (C=N–C) groups is 1. The van der Waals surface area contributed by atoms with Gasteiger partial charge in [-0.05, 0) is 29.7 Å². The van der Waals surface area contributed by atoms with Gasteiger partial charge < -0.3 is 15.4 Å². The van der Waals surface area contributed by atoms with Crippen LogP contribution in [0.2, 0.25) is 5.02 Å². The van der Waals surface area contributed by atoms with Gasteiger partial charge in [-0.3, -0.25) is 10.1 Å². The van der Waals surface area contributed by atoms with Gasteiger partial charge in [0.1, 0.15) is 0 Å². The molecule has 3 rings (SSSR count). The lowest BCUT2D eigenvalue weighted by atomic mass is 10.1. The number of rotatable bonds is 7. The summed E-state index contributed by atoms with van der Waals surface area (Å²) in [7, 11) is 0. The van der Waals surface area contributed by atoms with Gasteiger partial charge in [0, 0.05) is 42.8 Å². The summed E-state index contributed by atoms with van der Waals surface area (Å²) in [4.78, 5) is 15.0. The first-order chi connectivity index (χ1) is 13.6. The zero-order valence-electron chi connectivity index (χ0n) is 15.8. The van der Waals surface area contributed by atoms with Crippen LogP contribution in [-0.2, 0) is 17.8 Å². The summed E-state index contributed by atoms with van der Waals surface area (Å²) >= 11 is 6.04. The Balaban J connectivity index is 0.00000300. The van der Waals surface area contributed by atoms with Gasteiger partial charge in [-0.1, -0.05) is 35.9 Å². The largest absolute Gasteiger partial charge is 0.381 e. The summed E-state index contributed by atoms with van der Waals surface area (Å²) in [6.07, 6.45) is 1.04. The number of non-ortho nitro benzene ring substituents is 1. The Morgan fingerprint density at radius 2 is 2.00 bits per heavy atom. The Labute approximate surface area is 192 Å². The molecule has 0 bridgehead atoms. The molecule has 1 aliphatic heterocycles. The molecule has 1 aliphatic rings. The molecule has 1 atom stereocenters. The second-order valence-electron chi connectivity index (χ2n) is 6.68. The number of hydrogen-bond acceptors (Lipinski definition) is 4. The molecule has 2 N–H and O–H groups in total. The molecule has 156 valence electrons. The van der Waals surface area contributed by atoms with Crippen molar-refractivity contribution in [3.8, 4) is 0 Å². The van der Waals surface area contributed by atoms with Crippen molar-refractivity contribution in [1.29, 1.82) is 0 Å². The van der Waals surface area contributed by atoms with Crippen molar-refractivity contribution < 1.29 is 9.66 Å². The van der Waals surface area contributed by atoms with Crippen LogP contribution in [0.15, 0.2) is 53.5 Å². The fraction of sp³-hybridized carbons (Fsp3) is 0.350. The molecule has 1 fully saturated rings. The van der Waals surface area contributed by atoms with Gasteiger partial charge in [0.15, 0.2) is 5.96 Å². The predicted octanol–water partition coefficient (Wildman–Crippen LogP) is 4.14. The molecule has 0 radical (unpaired) electrons. The van der Waals surface area contributed by atoms with E-state index in [4.69, 9.17) is 16.3 Å². The minimum absolute atomic E-state index is 0. The first kappa shape index (κ1) is 23.4. The Morgan fingerprint density at radius 1 is 1.21 bits per heavy atom. The number of halogens is 2. The van der Waals surface area contributed by atoms with E-state index in [1.54, 1.807) is 12.1 Å². The van der Waals surface area contributed by atoms with Crippen molar-refractivity contribution in [2.24, 2.45) is 10.9 Å². The third-order valence-corrected chi connectivity index (χ3v) is 4.73. The zero-order valence-corrected chi connectivity index (χ0v) is 18.9. The lowest BCUT2D eigenvalue weighted by Crippen LogP contribution is -2.39. The first-order valence-corrected chi connectivity index (χ1v) is 9.55. The molecule has 0 saturated carbocycles. The molecule has 9 heteroatoms. The van der Waals surface area contributed by atoms with Gasteiger partial charge in [0.05, 0.1) is 18.1 Å². The number of nitro groups is 1. The fourth-order valence-electron chi connectivity index (χ4n) is 2.89. The summed E-state index contributed by atoms with van der Waals surface area (Å²) in [5.74, 6) is 1.16. The summed E-state index contributed by atoms with van der Waals surface area (Å²) in [6.45, 7) is 3.36. The SMILES string of the molecule is I.O=[N+]([O-])c1ccc(CNC(=NCc2cccc(Cl)c2)NCC2CCOC2)cc1. The van der Waals surface area contributed by atoms with Gasteiger partial charge in [0.2, 0.25) is 0 Å². The minimum Gasteiger partial charge on any atom is -0.381 e. The highest BCUT2D eigenvalue weighted by molar-refractivity contribution is 14.0. The molecule has 1 heterocycles. The Bertz CT molecular complexity index is 827. The minimum atomic E-state index is -0.402. The van der Waals surface area contributed by atoms with E-state index in [2.05, 4.69) is 15.6 Å². The molecule has 0 spiro atoms. The molecule has 2 aromatic rings. The van der Waals surface area contributed by atoms with Crippen molar-refractivity contribution in [2.45, 2.75) is 19.5 Å². The molecule has 0 aromatic heterocycles. The molecule has 1 unspecified atom stereocenters. The molecule has 29 heavy (non-hydrogen) atoms. The highest BCUT2D eigenvalue weighted by atomic mass is 127. The smallest absolute Gasteiger partial charge is 0.269 e. The number of ether oxygens (including phenoxy) is 1. The third-order valence-electron chi connectivity index (χ3n) is 4.50. The average Bonchev–Trinajstić information content (AvgIpc) is 3.21. The lowest BCUT2D eigenvalue weighted by molar-refractivity contribution is -0.384. The van der Waals surface area contributed by atoms with Crippen LogP contribution in [0.1, 0.15) is 17.5 Å². The topological polar surface area (TPSA) is 88.8 Å². The maximum Gasteiger partial charge on any atom is 0.269 e. The van der Waals surface area contributed by atoms with E-state index in [9.17, 15) is 10.1 Å². The van der Waals surface area contributed by atoms with E-state index in [0.29, 0.717) is 30.0 Å². The van der Waals surface area contributed by atoms with E-state index in [-0.39, 0.29) is 29.7 Å². The molecular formula is C20H24ClIN4O3. The van der Waals surface area contributed by atoms with Crippen LogP contribution < -0.4 is 10.6 Å². The van der Waals surface area contributed by atoms with Crippen LogP contribution in [0.5, 0.6) is 0 Å². The number of hydrogen-bond donors (Lipinski definition) is 2. The van der Waals surface area contributed by atoms with Crippen LogP contribution in [0, 0.1) is 16.0 Å². The molecular weight excluding hydrogens is 507 g/mol. The lowest BCUT2D eigenvalue weighted by Gasteiger charge is -2.15. The highest BCUT2D eigenvalue weighted by Crippen LogP contribution is 2.13. The summed E-state index contributed by atoms with van der Waals surface area (Å²) in [6, 6.07) is 14.1. The van der Waals surface area contributed by atoms with E-state index in [0.717, 1.165) is 37.3 Å². The van der Waals surface area contributed by atoms with E-state index >= 15 is 0 Å².